The lowest BCUT2D eigenvalue weighted by Crippen LogP contribution is -2.23. The van der Waals surface area contributed by atoms with Crippen molar-refractivity contribution >= 4 is 27.1 Å². The Kier molecular flexibility index (Phi) is 6.10. The van der Waals surface area contributed by atoms with Crippen LogP contribution in [-0.2, 0) is 9.84 Å². The minimum Gasteiger partial charge on any atom is -0.351 e. The highest BCUT2D eigenvalue weighted by Crippen LogP contribution is 2.19. The maximum absolute atomic E-state index is 11.9. The number of carbonyl (C=O) groups excluding carboxylic acids is 1. The molecule has 21 heavy (non-hydrogen) atoms. The highest BCUT2D eigenvalue weighted by Gasteiger charge is 2.19. The van der Waals surface area contributed by atoms with Crippen LogP contribution in [0.4, 0.5) is 0 Å². The number of aromatic nitrogens is 1. The second-order valence-electron chi connectivity index (χ2n) is 5.71. The van der Waals surface area contributed by atoms with E-state index in [1.165, 1.54) is 6.20 Å². The highest BCUT2D eigenvalue weighted by atomic mass is 32.2. The van der Waals surface area contributed by atoms with Crippen molar-refractivity contribution < 1.29 is 13.2 Å². The zero-order valence-electron chi connectivity index (χ0n) is 12.8. The van der Waals surface area contributed by atoms with Crippen LogP contribution in [0.2, 0.25) is 0 Å². The number of carbonyl (C=O) groups is 1. The first-order chi connectivity index (χ1) is 9.65. The molecule has 0 radical (unpaired) electrons. The molecule has 118 valence electrons. The van der Waals surface area contributed by atoms with Crippen molar-refractivity contribution in [2.45, 2.75) is 38.5 Å². The van der Waals surface area contributed by atoms with Crippen LogP contribution in [0.15, 0.2) is 22.7 Å². The van der Waals surface area contributed by atoms with Gasteiger partial charge in [0.2, 0.25) is 14.2 Å². The van der Waals surface area contributed by atoms with Gasteiger partial charge in [0.05, 0.1) is 11.9 Å². The van der Waals surface area contributed by atoms with Crippen molar-refractivity contribution in [3.63, 3.8) is 0 Å². The minimum atomic E-state index is -3.34. The van der Waals surface area contributed by atoms with E-state index in [4.69, 9.17) is 0 Å². The van der Waals surface area contributed by atoms with E-state index in [0.29, 0.717) is 11.4 Å². The Balaban J connectivity index is 2.52. The van der Waals surface area contributed by atoms with Gasteiger partial charge in [0.25, 0.3) is 5.91 Å². The molecule has 0 saturated carbocycles. The Bertz CT molecular complexity index is 610. The van der Waals surface area contributed by atoms with Crippen molar-refractivity contribution in [3.8, 4) is 0 Å². The van der Waals surface area contributed by atoms with Gasteiger partial charge in [0.15, 0.2) is 0 Å². The predicted molar refractivity (Wildman–Crippen MR) is 85.4 cm³/mol. The van der Waals surface area contributed by atoms with E-state index >= 15 is 0 Å². The van der Waals surface area contributed by atoms with Crippen LogP contribution in [0.1, 0.15) is 43.8 Å². The van der Waals surface area contributed by atoms with Crippen LogP contribution in [-0.4, -0.2) is 31.6 Å². The predicted octanol–water partition coefficient (Wildman–Crippen LogP) is 2.66. The van der Waals surface area contributed by atoms with E-state index in [1.54, 1.807) is 6.92 Å². The number of allylic oxidation sites excluding steroid dienone is 1. The van der Waals surface area contributed by atoms with Gasteiger partial charge in [-0.05, 0) is 11.8 Å². The van der Waals surface area contributed by atoms with E-state index in [1.807, 2.05) is 6.08 Å². The third-order valence-electron chi connectivity index (χ3n) is 2.57. The molecule has 1 aromatic heterocycles. The Labute approximate surface area is 130 Å². The maximum atomic E-state index is 11.9. The summed E-state index contributed by atoms with van der Waals surface area (Å²) in [6, 6.07) is 0. The molecule has 0 unspecified atom stereocenters. The molecule has 5 nitrogen and oxygen atoms in total. The van der Waals surface area contributed by atoms with Gasteiger partial charge in [-0.3, -0.25) is 4.79 Å². The van der Waals surface area contributed by atoms with E-state index < -0.39 is 9.84 Å². The number of nitrogens with one attached hydrogen (secondary N) is 1. The van der Waals surface area contributed by atoms with Gasteiger partial charge in [-0.2, -0.15) is 0 Å². The number of nitrogens with zero attached hydrogens (tertiary/aromatic N) is 1. The minimum absolute atomic E-state index is 0.00257. The maximum Gasteiger partial charge on any atom is 0.263 e. The van der Waals surface area contributed by atoms with Crippen LogP contribution >= 0.6 is 11.3 Å². The normalized spacial score (nSPS) is 12.8. The Morgan fingerprint density at radius 1 is 1.43 bits per heavy atom. The van der Waals surface area contributed by atoms with Crippen molar-refractivity contribution in [3.05, 3.63) is 23.2 Å². The smallest absolute Gasteiger partial charge is 0.263 e. The summed E-state index contributed by atoms with van der Waals surface area (Å²) in [6.07, 6.45) is 6.17. The zero-order chi connectivity index (χ0) is 16.1. The van der Waals surface area contributed by atoms with E-state index in [2.05, 4.69) is 37.1 Å². The number of amides is 1. The van der Waals surface area contributed by atoms with Crippen molar-refractivity contribution in [2.75, 3.05) is 12.3 Å². The molecule has 0 aliphatic heterocycles. The first-order valence-electron chi connectivity index (χ1n) is 6.80. The molecule has 1 heterocycles. The van der Waals surface area contributed by atoms with Crippen LogP contribution in [0.3, 0.4) is 0 Å². The lowest BCUT2D eigenvalue weighted by molar-refractivity contribution is 0.0958. The van der Waals surface area contributed by atoms with Gasteiger partial charge in [0, 0.05) is 6.54 Å². The fourth-order valence-corrected chi connectivity index (χ4v) is 3.58. The number of hydrogen-bond donors (Lipinski definition) is 1. The lowest BCUT2D eigenvalue weighted by Gasteiger charge is -2.10. The van der Waals surface area contributed by atoms with Gasteiger partial charge in [-0.15, -0.1) is 0 Å². The number of thiazole rings is 1. The van der Waals surface area contributed by atoms with Crippen LogP contribution in [0.5, 0.6) is 0 Å². The first kappa shape index (κ1) is 17.8. The summed E-state index contributed by atoms with van der Waals surface area (Å²) in [5, 5.41) is 2.75. The average Bonchev–Trinajstić information content (AvgIpc) is 2.87. The lowest BCUT2D eigenvalue weighted by atomic mass is 9.96. The van der Waals surface area contributed by atoms with Crippen molar-refractivity contribution in [2.24, 2.45) is 5.41 Å². The summed E-state index contributed by atoms with van der Waals surface area (Å²) in [5.41, 5.74) is 0.130. The third-order valence-corrected chi connectivity index (χ3v) is 5.77. The zero-order valence-corrected chi connectivity index (χ0v) is 14.5. The first-order valence-corrected chi connectivity index (χ1v) is 9.27. The quantitative estimate of drug-likeness (QED) is 0.642. The van der Waals surface area contributed by atoms with Crippen LogP contribution < -0.4 is 5.32 Å². The molecule has 0 fully saturated rings. The SMILES string of the molecule is CCS(=O)(=O)c1ncc(C(=O)NCC/C=C\C(C)(C)C)s1. The van der Waals surface area contributed by atoms with Crippen LogP contribution in [0.25, 0.3) is 0 Å². The molecule has 1 rings (SSSR count). The van der Waals surface area contributed by atoms with Crippen molar-refractivity contribution in [1.82, 2.24) is 10.3 Å². The molecule has 1 amide bonds. The average molecular weight is 330 g/mol. The standard InChI is InChI=1S/C14H22N2O3S2/c1-5-21(18,19)13-16-10-11(20-13)12(17)15-9-7-6-8-14(2,3)4/h6,8,10H,5,7,9H2,1-4H3,(H,15,17)/b8-6-. The topological polar surface area (TPSA) is 76.1 Å². The fraction of sp³-hybridized carbons (Fsp3) is 0.571. The Morgan fingerprint density at radius 3 is 2.67 bits per heavy atom. The Morgan fingerprint density at radius 2 is 2.10 bits per heavy atom. The molecule has 7 heteroatoms. The number of hydrogen-bond acceptors (Lipinski definition) is 5. The van der Waals surface area contributed by atoms with E-state index in [-0.39, 0.29) is 21.4 Å². The molecule has 1 aromatic rings. The number of rotatable bonds is 6. The van der Waals surface area contributed by atoms with Gasteiger partial charge in [-0.25, -0.2) is 13.4 Å². The molecule has 0 atom stereocenters. The molecule has 0 aromatic carbocycles. The summed E-state index contributed by atoms with van der Waals surface area (Å²) in [4.78, 5) is 16.0. The molecular formula is C14H22N2O3S2. The molecule has 0 spiro atoms. The molecule has 0 bridgehead atoms. The molecule has 1 N–H and O–H groups in total. The summed E-state index contributed by atoms with van der Waals surface area (Å²) in [7, 11) is -3.34. The largest absolute Gasteiger partial charge is 0.351 e. The molecular weight excluding hydrogens is 308 g/mol. The molecule has 0 saturated heterocycles. The van der Waals surface area contributed by atoms with E-state index in [9.17, 15) is 13.2 Å². The van der Waals surface area contributed by atoms with Gasteiger partial charge in [0.1, 0.15) is 4.88 Å². The fourth-order valence-electron chi connectivity index (χ4n) is 1.42. The van der Waals surface area contributed by atoms with Gasteiger partial charge in [-0.1, -0.05) is 51.2 Å². The highest BCUT2D eigenvalue weighted by molar-refractivity contribution is 7.93. The van der Waals surface area contributed by atoms with Crippen molar-refractivity contribution in [1.29, 1.82) is 0 Å². The summed E-state index contributed by atoms with van der Waals surface area (Å²) < 4.78 is 23.3. The summed E-state index contributed by atoms with van der Waals surface area (Å²) >= 11 is 0.911. The van der Waals surface area contributed by atoms with Crippen LogP contribution in [0, 0.1) is 5.41 Å². The Hall–Kier alpha value is -1.21. The van der Waals surface area contributed by atoms with E-state index in [0.717, 1.165) is 17.8 Å². The van der Waals surface area contributed by atoms with Gasteiger partial charge >= 0.3 is 0 Å². The monoisotopic (exact) mass is 330 g/mol. The summed E-state index contributed by atoms with van der Waals surface area (Å²) in [5.74, 6) is -0.298. The van der Waals surface area contributed by atoms with Gasteiger partial charge < -0.3 is 5.32 Å². The summed E-state index contributed by atoms with van der Waals surface area (Å²) in [6.45, 7) is 8.39. The third kappa shape index (κ3) is 5.97. The molecule has 0 aliphatic carbocycles. The second-order valence-corrected chi connectivity index (χ2v) is 9.19. The molecule has 0 aliphatic rings. The number of sulfone groups is 1. The second kappa shape index (κ2) is 7.17.